The molecule has 2 unspecified atom stereocenters. The van der Waals surface area contributed by atoms with E-state index in [4.69, 9.17) is 0 Å². The highest BCUT2D eigenvalue weighted by molar-refractivity contribution is 5.95. The van der Waals surface area contributed by atoms with Crippen molar-refractivity contribution in [3.8, 4) is 11.1 Å². The largest absolute Gasteiger partial charge is 0.481 e. The minimum Gasteiger partial charge on any atom is -0.481 e. The maximum Gasteiger partial charge on any atom is 0.308 e. The number of nitrogens with one attached hydrogen (secondary N) is 1. The van der Waals surface area contributed by atoms with E-state index in [-0.39, 0.29) is 18.5 Å². The molecule has 0 aliphatic carbocycles. The topological polar surface area (TPSA) is 84.2 Å². The number of halogens is 1. The Balaban J connectivity index is 2.06. The summed E-state index contributed by atoms with van der Waals surface area (Å²) in [6, 6.07) is 4.20. The first kappa shape index (κ1) is 15.2. The summed E-state index contributed by atoms with van der Waals surface area (Å²) in [6.45, 7) is 2.06. The van der Waals surface area contributed by atoms with Gasteiger partial charge in [0.1, 0.15) is 5.69 Å². The van der Waals surface area contributed by atoms with E-state index < -0.39 is 17.8 Å². The molecule has 6 nitrogen and oxygen atoms in total. The van der Waals surface area contributed by atoms with Crippen LogP contribution in [0, 0.1) is 11.9 Å². The van der Waals surface area contributed by atoms with Crippen LogP contribution in [-0.4, -0.2) is 33.1 Å². The SMILES string of the molecule is CCC(C(=O)O)C1CNC(=O)c2cc(-c3ccnc(F)c3)cn21. The van der Waals surface area contributed by atoms with Crippen molar-refractivity contribution < 1.29 is 19.1 Å². The maximum absolute atomic E-state index is 13.3. The van der Waals surface area contributed by atoms with Crippen LogP contribution in [0.1, 0.15) is 29.9 Å². The Morgan fingerprint density at radius 1 is 1.52 bits per heavy atom. The maximum atomic E-state index is 13.3. The molecule has 2 N–H and O–H groups in total. The normalized spacial score (nSPS) is 18.2. The minimum atomic E-state index is -0.898. The monoisotopic (exact) mass is 317 g/mol. The first-order valence-corrected chi connectivity index (χ1v) is 7.36. The molecule has 23 heavy (non-hydrogen) atoms. The van der Waals surface area contributed by atoms with Gasteiger partial charge in [-0.05, 0) is 24.1 Å². The van der Waals surface area contributed by atoms with Crippen LogP contribution < -0.4 is 5.32 Å². The summed E-state index contributed by atoms with van der Waals surface area (Å²) in [5.41, 5.74) is 1.63. The number of fused-ring (bicyclic) bond motifs is 1. The summed E-state index contributed by atoms with van der Waals surface area (Å²) < 4.78 is 15.0. The van der Waals surface area contributed by atoms with E-state index in [9.17, 15) is 19.1 Å². The molecule has 3 heterocycles. The summed E-state index contributed by atoms with van der Waals surface area (Å²) in [7, 11) is 0. The van der Waals surface area contributed by atoms with E-state index in [2.05, 4.69) is 10.3 Å². The lowest BCUT2D eigenvalue weighted by molar-refractivity contribution is -0.143. The minimum absolute atomic E-state index is 0.259. The third kappa shape index (κ3) is 2.69. The van der Waals surface area contributed by atoms with Crippen molar-refractivity contribution in [3.63, 3.8) is 0 Å². The molecule has 120 valence electrons. The van der Waals surface area contributed by atoms with Crippen molar-refractivity contribution in [2.45, 2.75) is 19.4 Å². The van der Waals surface area contributed by atoms with E-state index in [1.54, 1.807) is 29.8 Å². The number of pyridine rings is 1. The van der Waals surface area contributed by atoms with Crippen molar-refractivity contribution in [2.24, 2.45) is 5.92 Å². The molecule has 2 aromatic rings. The van der Waals surface area contributed by atoms with Crippen LogP contribution in [0.15, 0.2) is 30.6 Å². The van der Waals surface area contributed by atoms with Crippen LogP contribution >= 0.6 is 0 Å². The van der Waals surface area contributed by atoms with Gasteiger partial charge in [-0.1, -0.05) is 6.92 Å². The lowest BCUT2D eigenvalue weighted by Crippen LogP contribution is -2.43. The third-order valence-electron chi connectivity index (χ3n) is 4.19. The van der Waals surface area contributed by atoms with Gasteiger partial charge < -0.3 is 15.0 Å². The number of carboxylic acid groups (broad SMARTS) is 1. The molecule has 1 aliphatic rings. The smallest absolute Gasteiger partial charge is 0.308 e. The molecular formula is C16H16FN3O3. The zero-order valence-electron chi connectivity index (χ0n) is 12.5. The Kier molecular flexibility index (Phi) is 3.85. The molecule has 0 fully saturated rings. The molecule has 0 radical (unpaired) electrons. The molecular weight excluding hydrogens is 301 g/mol. The molecule has 2 atom stereocenters. The fraction of sp³-hybridized carbons (Fsp3) is 0.312. The van der Waals surface area contributed by atoms with Gasteiger partial charge >= 0.3 is 5.97 Å². The second-order valence-corrected chi connectivity index (χ2v) is 5.52. The fourth-order valence-electron chi connectivity index (χ4n) is 3.01. The molecule has 0 saturated heterocycles. The highest BCUT2D eigenvalue weighted by Gasteiger charge is 2.34. The lowest BCUT2D eigenvalue weighted by atomic mass is 9.95. The molecule has 0 bridgehead atoms. The van der Waals surface area contributed by atoms with Gasteiger partial charge in [-0.15, -0.1) is 0 Å². The molecule has 0 aromatic carbocycles. The van der Waals surface area contributed by atoms with Crippen molar-refractivity contribution in [2.75, 3.05) is 6.54 Å². The fourth-order valence-corrected chi connectivity index (χ4v) is 3.01. The second-order valence-electron chi connectivity index (χ2n) is 5.52. The number of carbonyl (C=O) groups excluding carboxylic acids is 1. The van der Waals surface area contributed by atoms with Crippen LogP contribution in [0.2, 0.25) is 0 Å². The second kappa shape index (κ2) is 5.83. The van der Waals surface area contributed by atoms with Gasteiger partial charge in [0.15, 0.2) is 0 Å². The zero-order valence-corrected chi connectivity index (χ0v) is 12.5. The Bertz CT molecular complexity index is 772. The van der Waals surface area contributed by atoms with Gasteiger partial charge in [0, 0.05) is 30.6 Å². The van der Waals surface area contributed by atoms with Gasteiger partial charge in [0.2, 0.25) is 5.95 Å². The van der Waals surface area contributed by atoms with E-state index in [0.29, 0.717) is 23.2 Å². The average Bonchev–Trinajstić information content (AvgIpc) is 2.96. The number of carboxylic acids is 1. The van der Waals surface area contributed by atoms with E-state index in [1.165, 1.54) is 12.3 Å². The van der Waals surface area contributed by atoms with Gasteiger partial charge in [-0.25, -0.2) is 4.98 Å². The third-order valence-corrected chi connectivity index (χ3v) is 4.19. The van der Waals surface area contributed by atoms with Crippen LogP contribution in [0.5, 0.6) is 0 Å². The number of hydrogen-bond donors (Lipinski definition) is 2. The average molecular weight is 317 g/mol. The highest BCUT2D eigenvalue weighted by atomic mass is 19.1. The van der Waals surface area contributed by atoms with Gasteiger partial charge in [0.25, 0.3) is 5.91 Å². The van der Waals surface area contributed by atoms with Crippen molar-refractivity contribution in [1.82, 2.24) is 14.9 Å². The molecule has 1 amide bonds. The summed E-state index contributed by atoms with van der Waals surface area (Å²) in [5.74, 6) is -2.37. The highest BCUT2D eigenvalue weighted by Crippen LogP contribution is 2.31. The summed E-state index contributed by atoms with van der Waals surface area (Å²) in [5, 5.41) is 12.1. The zero-order chi connectivity index (χ0) is 16.6. The molecule has 1 aliphatic heterocycles. The Morgan fingerprint density at radius 3 is 2.96 bits per heavy atom. The number of aromatic nitrogens is 2. The first-order chi connectivity index (χ1) is 11.0. The number of amides is 1. The van der Waals surface area contributed by atoms with Crippen molar-refractivity contribution >= 4 is 11.9 Å². The quantitative estimate of drug-likeness (QED) is 0.846. The summed E-state index contributed by atoms with van der Waals surface area (Å²) in [4.78, 5) is 27.0. The standard InChI is InChI=1S/C16H16FN3O3/c1-2-11(16(22)23)13-7-19-15(21)12-5-10(8-20(12)13)9-3-4-18-14(17)6-9/h3-6,8,11,13H,2,7H2,1H3,(H,19,21)(H,22,23). The number of rotatable bonds is 4. The summed E-state index contributed by atoms with van der Waals surface area (Å²) in [6.07, 6.45) is 3.51. The Morgan fingerprint density at radius 2 is 2.30 bits per heavy atom. The predicted octanol–water partition coefficient (Wildman–Crippen LogP) is 2.08. The number of carbonyl (C=O) groups is 2. The summed E-state index contributed by atoms with van der Waals surface area (Å²) >= 11 is 0. The van der Waals surface area contributed by atoms with Crippen LogP contribution in [0.4, 0.5) is 4.39 Å². The number of aliphatic carboxylic acids is 1. The van der Waals surface area contributed by atoms with E-state index in [1.807, 2.05) is 0 Å². The predicted molar refractivity (Wildman–Crippen MR) is 80.4 cm³/mol. The molecule has 7 heteroatoms. The Hall–Kier alpha value is -2.70. The van der Waals surface area contributed by atoms with Crippen LogP contribution in [0.3, 0.4) is 0 Å². The first-order valence-electron chi connectivity index (χ1n) is 7.36. The molecule has 3 rings (SSSR count). The number of nitrogens with zero attached hydrogens (tertiary/aromatic N) is 2. The van der Waals surface area contributed by atoms with E-state index in [0.717, 1.165) is 0 Å². The number of hydrogen-bond acceptors (Lipinski definition) is 3. The van der Waals surface area contributed by atoms with Crippen molar-refractivity contribution in [1.29, 1.82) is 0 Å². The Labute approximate surface area is 132 Å². The van der Waals surface area contributed by atoms with Crippen molar-refractivity contribution in [3.05, 3.63) is 42.2 Å². The van der Waals surface area contributed by atoms with Gasteiger partial charge in [-0.2, -0.15) is 4.39 Å². The molecule has 0 saturated carbocycles. The molecule has 2 aromatic heterocycles. The van der Waals surface area contributed by atoms with Gasteiger partial charge in [-0.3, -0.25) is 9.59 Å². The van der Waals surface area contributed by atoms with E-state index >= 15 is 0 Å². The molecule has 0 spiro atoms. The van der Waals surface area contributed by atoms with Gasteiger partial charge in [0.05, 0.1) is 12.0 Å². The van der Waals surface area contributed by atoms with Crippen LogP contribution in [0.25, 0.3) is 11.1 Å². The van der Waals surface area contributed by atoms with Crippen LogP contribution in [-0.2, 0) is 4.79 Å². The lowest BCUT2D eigenvalue weighted by Gasteiger charge is -2.30.